The van der Waals surface area contributed by atoms with Crippen LogP contribution in [0.1, 0.15) is 28.8 Å². The molecule has 1 fully saturated rings. The van der Waals surface area contributed by atoms with Crippen LogP contribution in [0, 0.1) is 16.0 Å². The van der Waals surface area contributed by atoms with Crippen LogP contribution in [-0.4, -0.2) is 40.5 Å². The van der Waals surface area contributed by atoms with Crippen LogP contribution in [0.4, 0.5) is 5.69 Å². The number of nitro groups is 1. The lowest BCUT2D eigenvalue weighted by molar-refractivity contribution is -0.385. The van der Waals surface area contributed by atoms with Crippen LogP contribution in [0.25, 0.3) is 0 Å². The monoisotopic (exact) mass is 293 g/mol. The molecule has 0 bridgehead atoms. The van der Waals surface area contributed by atoms with Gasteiger partial charge < -0.3 is 10.8 Å². The number of rotatable bonds is 5. The van der Waals surface area contributed by atoms with E-state index >= 15 is 0 Å². The highest BCUT2D eigenvalue weighted by Gasteiger charge is 2.23. The minimum Gasteiger partial charge on any atom is -0.396 e. The summed E-state index contributed by atoms with van der Waals surface area (Å²) in [5.41, 5.74) is 5.76. The van der Waals surface area contributed by atoms with Crippen molar-refractivity contribution in [1.29, 1.82) is 0 Å². The number of piperidine rings is 1. The van der Waals surface area contributed by atoms with E-state index in [0.717, 1.165) is 25.9 Å². The van der Waals surface area contributed by atoms with Crippen LogP contribution in [0.5, 0.6) is 0 Å². The number of aliphatic hydroxyl groups excluding tert-OH is 1. The van der Waals surface area contributed by atoms with Crippen molar-refractivity contribution in [2.24, 2.45) is 11.7 Å². The van der Waals surface area contributed by atoms with E-state index in [1.807, 2.05) is 0 Å². The Morgan fingerprint density at radius 3 is 2.90 bits per heavy atom. The lowest BCUT2D eigenvalue weighted by atomic mass is 9.98. The molecule has 3 N–H and O–H groups in total. The Morgan fingerprint density at radius 2 is 2.29 bits per heavy atom. The number of benzene rings is 1. The van der Waals surface area contributed by atoms with Crippen LogP contribution in [0.3, 0.4) is 0 Å². The zero-order valence-corrected chi connectivity index (χ0v) is 11.7. The minimum absolute atomic E-state index is 0.0857. The Bertz CT molecular complexity index is 547. The third kappa shape index (κ3) is 3.77. The van der Waals surface area contributed by atoms with Crippen molar-refractivity contribution in [3.8, 4) is 0 Å². The van der Waals surface area contributed by atoms with Gasteiger partial charge in [0.25, 0.3) is 5.69 Å². The quantitative estimate of drug-likeness (QED) is 0.619. The van der Waals surface area contributed by atoms with Gasteiger partial charge in [-0.1, -0.05) is 6.07 Å². The normalized spacial score (nSPS) is 19.4. The fourth-order valence-electron chi connectivity index (χ4n) is 2.71. The van der Waals surface area contributed by atoms with Gasteiger partial charge in [-0.2, -0.15) is 0 Å². The smallest absolute Gasteiger partial charge is 0.274 e. The summed E-state index contributed by atoms with van der Waals surface area (Å²) in [5.74, 6) is -0.453. The van der Waals surface area contributed by atoms with Gasteiger partial charge in [0.1, 0.15) is 0 Å². The van der Waals surface area contributed by atoms with Gasteiger partial charge >= 0.3 is 0 Å². The van der Waals surface area contributed by atoms with Gasteiger partial charge in [-0.3, -0.25) is 19.8 Å². The molecule has 114 valence electrons. The molecular formula is C14H19N3O4. The summed E-state index contributed by atoms with van der Waals surface area (Å²) in [5, 5.41) is 20.4. The molecule has 7 heteroatoms. The largest absolute Gasteiger partial charge is 0.396 e. The maximum Gasteiger partial charge on any atom is 0.274 e. The summed E-state index contributed by atoms with van der Waals surface area (Å²) in [6.07, 6.45) is 1.95. The van der Waals surface area contributed by atoms with E-state index in [1.54, 1.807) is 6.07 Å². The van der Waals surface area contributed by atoms with Crippen molar-refractivity contribution in [2.75, 3.05) is 19.7 Å². The molecule has 1 aliphatic heterocycles. The van der Waals surface area contributed by atoms with Gasteiger partial charge in [0.2, 0.25) is 5.91 Å². The highest BCUT2D eigenvalue weighted by Crippen LogP contribution is 2.24. The van der Waals surface area contributed by atoms with Crippen molar-refractivity contribution in [3.63, 3.8) is 0 Å². The molecule has 0 aliphatic carbocycles. The molecule has 1 atom stereocenters. The second-order valence-corrected chi connectivity index (χ2v) is 5.39. The number of carbonyl (C=O) groups excluding carboxylic acids is 1. The highest BCUT2D eigenvalue weighted by atomic mass is 16.6. The number of primary amides is 1. The number of likely N-dealkylation sites (tertiary alicyclic amines) is 1. The first-order chi connectivity index (χ1) is 10.0. The summed E-state index contributed by atoms with van der Waals surface area (Å²) in [6, 6.07) is 4.32. The van der Waals surface area contributed by atoms with Gasteiger partial charge in [0.15, 0.2) is 0 Å². The van der Waals surface area contributed by atoms with E-state index in [2.05, 4.69) is 4.90 Å². The summed E-state index contributed by atoms with van der Waals surface area (Å²) < 4.78 is 0. The predicted octanol–water partition coefficient (Wildman–Crippen LogP) is 0.898. The molecular weight excluding hydrogens is 274 g/mol. The number of hydrogen-bond donors (Lipinski definition) is 2. The first kappa shape index (κ1) is 15.4. The van der Waals surface area contributed by atoms with Gasteiger partial charge in [-0.25, -0.2) is 0 Å². The molecule has 2 rings (SSSR count). The van der Waals surface area contributed by atoms with Crippen molar-refractivity contribution in [2.45, 2.75) is 19.4 Å². The topological polar surface area (TPSA) is 110 Å². The maximum absolute atomic E-state index is 11.2. The van der Waals surface area contributed by atoms with Gasteiger partial charge in [0.05, 0.1) is 4.92 Å². The molecule has 0 saturated carbocycles. The van der Waals surface area contributed by atoms with Crippen molar-refractivity contribution in [1.82, 2.24) is 4.90 Å². The van der Waals surface area contributed by atoms with Crippen LogP contribution in [0.15, 0.2) is 18.2 Å². The SMILES string of the molecule is NC(=O)c1ccc(CN2CCCC(CO)C2)c([N+](=O)[O-])c1. The predicted molar refractivity (Wildman–Crippen MR) is 76.7 cm³/mol. The molecule has 0 radical (unpaired) electrons. The van der Waals surface area contributed by atoms with Crippen molar-refractivity contribution in [3.05, 3.63) is 39.4 Å². The van der Waals surface area contributed by atoms with E-state index < -0.39 is 10.8 Å². The van der Waals surface area contributed by atoms with E-state index in [9.17, 15) is 20.0 Å². The maximum atomic E-state index is 11.2. The van der Waals surface area contributed by atoms with Crippen molar-refractivity contribution < 1.29 is 14.8 Å². The Labute approximate surface area is 122 Å². The zero-order valence-electron chi connectivity index (χ0n) is 11.7. The Hall–Kier alpha value is -1.99. The number of hydrogen-bond acceptors (Lipinski definition) is 5. The second kappa shape index (κ2) is 6.64. The highest BCUT2D eigenvalue weighted by molar-refractivity contribution is 5.93. The summed E-state index contributed by atoms with van der Waals surface area (Å²) in [7, 11) is 0. The molecule has 1 aromatic rings. The summed E-state index contributed by atoms with van der Waals surface area (Å²) in [6.45, 7) is 2.15. The van der Waals surface area contributed by atoms with E-state index in [1.165, 1.54) is 12.1 Å². The van der Waals surface area contributed by atoms with Crippen LogP contribution in [-0.2, 0) is 6.54 Å². The van der Waals surface area contributed by atoms with Crippen LogP contribution >= 0.6 is 0 Å². The molecule has 1 aliphatic rings. The van der Waals surface area contributed by atoms with Crippen LogP contribution < -0.4 is 5.73 Å². The van der Waals surface area contributed by atoms with E-state index in [0.29, 0.717) is 12.1 Å². The number of nitro benzene ring substituents is 1. The molecule has 0 spiro atoms. The molecule has 0 aromatic heterocycles. The first-order valence-electron chi connectivity index (χ1n) is 6.91. The molecule has 1 amide bonds. The fraction of sp³-hybridized carbons (Fsp3) is 0.500. The molecule has 7 nitrogen and oxygen atoms in total. The number of amides is 1. The lowest BCUT2D eigenvalue weighted by Gasteiger charge is -2.31. The third-order valence-corrected chi connectivity index (χ3v) is 3.82. The van der Waals surface area contributed by atoms with E-state index in [4.69, 9.17) is 5.73 Å². The minimum atomic E-state index is -0.678. The number of nitrogens with zero attached hydrogens (tertiary/aromatic N) is 2. The summed E-state index contributed by atoms with van der Waals surface area (Å²) >= 11 is 0. The van der Waals surface area contributed by atoms with Crippen LogP contribution in [0.2, 0.25) is 0 Å². The van der Waals surface area contributed by atoms with Gasteiger partial charge in [-0.05, 0) is 31.4 Å². The lowest BCUT2D eigenvalue weighted by Crippen LogP contribution is -2.36. The van der Waals surface area contributed by atoms with Gasteiger partial charge in [-0.15, -0.1) is 0 Å². The first-order valence-corrected chi connectivity index (χ1v) is 6.91. The average molecular weight is 293 g/mol. The molecule has 1 heterocycles. The number of aliphatic hydroxyl groups is 1. The Morgan fingerprint density at radius 1 is 1.52 bits per heavy atom. The molecule has 1 unspecified atom stereocenters. The Balaban J connectivity index is 2.19. The van der Waals surface area contributed by atoms with Gasteiger partial charge in [0, 0.05) is 36.9 Å². The molecule has 1 saturated heterocycles. The third-order valence-electron chi connectivity index (χ3n) is 3.82. The molecule has 1 aromatic carbocycles. The number of nitrogens with two attached hydrogens (primary N) is 1. The average Bonchev–Trinajstić information content (AvgIpc) is 2.47. The second-order valence-electron chi connectivity index (χ2n) is 5.39. The fourth-order valence-corrected chi connectivity index (χ4v) is 2.71. The molecule has 21 heavy (non-hydrogen) atoms. The van der Waals surface area contributed by atoms with Crippen molar-refractivity contribution >= 4 is 11.6 Å². The Kier molecular flexibility index (Phi) is 4.87. The summed E-state index contributed by atoms with van der Waals surface area (Å²) in [4.78, 5) is 23.9. The van der Waals surface area contributed by atoms with E-state index in [-0.39, 0.29) is 23.8 Å². The zero-order chi connectivity index (χ0) is 15.4. The standard InChI is InChI=1S/C14H19N3O4/c15-14(19)11-3-4-12(13(6-11)17(20)21)8-16-5-1-2-10(7-16)9-18/h3-4,6,10,18H,1-2,5,7-9H2,(H2,15,19). The number of carbonyl (C=O) groups is 1.